The molecule has 1 atom stereocenters. The van der Waals surface area contributed by atoms with E-state index in [1.165, 1.54) is 6.20 Å². The summed E-state index contributed by atoms with van der Waals surface area (Å²) < 4.78 is 16.0. The Morgan fingerprint density at radius 1 is 1.52 bits per heavy atom. The number of aromatic carboxylic acids is 1. The van der Waals surface area contributed by atoms with E-state index in [1.54, 1.807) is 4.57 Å². The van der Waals surface area contributed by atoms with Crippen LogP contribution in [0, 0.1) is 5.82 Å². The minimum atomic E-state index is -1.54. The minimum absolute atomic E-state index is 0. The maximum absolute atomic E-state index is 13.9. The molecule has 0 amide bonds. The summed E-state index contributed by atoms with van der Waals surface area (Å²) in [6.07, 6.45) is 2.69. The van der Waals surface area contributed by atoms with Gasteiger partial charge in [-0.1, -0.05) is 0 Å². The third kappa shape index (κ3) is 2.48. The van der Waals surface area contributed by atoms with E-state index >= 15 is 0 Å². The van der Waals surface area contributed by atoms with Crippen LogP contribution in [0.4, 0.5) is 4.39 Å². The van der Waals surface area contributed by atoms with Crippen molar-refractivity contribution >= 4 is 32.8 Å². The van der Waals surface area contributed by atoms with E-state index < -0.39 is 22.8 Å². The first-order chi connectivity index (χ1) is 9.41. The van der Waals surface area contributed by atoms with Gasteiger partial charge in [-0.3, -0.25) is 4.79 Å². The van der Waals surface area contributed by atoms with Gasteiger partial charge in [-0.2, -0.15) is 0 Å². The number of benzene rings is 1. The van der Waals surface area contributed by atoms with Gasteiger partial charge in [0.15, 0.2) is 5.43 Å². The molecule has 1 aromatic carbocycles. The number of aromatic nitrogens is 1. The van der Waals surface area contributed by atoms with Crippen molar-refractivity contribution in [2.45, 2.75) is 25.8 Å². The molecule has 21 heavy (non-hydrogen) atoms. The zero-order valence-corrected chi connectivity index (χ0v) is 15.2. The quantitative estimate of drug-likeness (QED) is 0.598. The Kier molecular flexibility index (Phi) is 4.63. The normalized spacial score (nSPS) is 16.6. The van der Waals surface area contributed by atoms with Crippen molar-refractivity contribution in [2.75, 3.05) is 0 Å². The standard InChI is InChI=1S/C14H11BrFNO3.Na/c1-6-2-3-7-11(15)10(16)4-8-12(7)17(6)5-9(13(8)18)14(19)20;/h4-6H,2-3H2,1H3,(H,19,20);/q;+1/p-1. The number of carboxylic acids is 1. The molecule has 0 fully saturated rings. The van der Waals surface area contributed by atoms with E-state index in [0.29, 0.717) is 22.0 Å². The summed E-state index contributed by atoms with van der Waals surface area (Å²) in [5, 5.41) is 11.2. The number of carboxylic acid groups (broad SMARTS) is 1. The predicted molar refractivity (Wildman–Crippen MR) is 73.2 cm³/mol. The molecule has 0 saturated heterocycles. The molecule has 0 radical (unpaired) electrons. The molecule has 1 unspecified atom stereocenters. The molecule has 0 saturated carbocycles. The first-order valence-electron chi connectivity index (χ1n) is 6.19. The van der Waals surface area contributed by atoms with E-state index in [2.05, 4.69) is 15.9 Å². The second kappa shape index (κ2) is 5.83. The summed E-state index contributed by atoms with van der Waals surface area (Å²) in [5.74, 6) is -2.09. The van der Waals surface area contributed by atoms with Crippen LogP contribution in [0.3, 0.4) is 0 Å². The van der Waals surface area contributed by atoms with Gasteiger partial charge in [0.2, 0.25) is 0 Å². The van der Waals surface area contributed by atoms with E-state index in [-0.39, 0.29) is 41.0 Å². The first kappa shape index (κ1) is 16.7. The van der Waals surface area contributed by atoms with Crippen molar-refractivity contribution in [3.63, 3.8) is 0 Å². The van der Waals surface area contributed by atoms with Crippen LogP contribution in [0.1, 0.15) is 35.3 Å². The number of pyridine rings is 1. The molecule has 0 N–H and O–H groups in total. The summed E-state index contributed by atoms with van der Waals surface area (Å²) in [6.45, 7) is 1.93. The third-order valence-corrected chi connectivity index (χ3v) is 4.67. The van der Waals surface area contributed by atoms with E-state index in [1.807, 2.05) is 6.92 Å². The molecule has 3 rings (SSSR count). The van der Waals surface area contributed by atoms with Crippen molar-refractivity contribution in [2.24, 2.45) is 0 Å². The molecule has 7 heteroatoms. The molecular formula is C14H10BrFNNaO3. The van der Waals surface area contributed by atoms with Crippen molar-refractivity contribution in [3.05, 3.63) is 43.9 Å². The van der Waals surface area contributed by atoms with Crippen LogP contribution >= 0.6 is 15.9 Å². The third-order valence-electron chi connectivity index (χ3n) is 3.81. The Morgan fingerprint density at radius 3 is 2.81 bits per heavy atom. The molecule has 1 aliphatic rings. The Labute approximate surface area is 150 Å². The molecule has 0 aliphatic carbocycles. The van der Waals surface area contributed by atoms with Crippen LogP contribution in [0.2, 0.25) is 0 Å². The Hall–Kier alpha value is -0.690. The van der Waals surface area contributed by atoms with Crippen molar-refractivity contribution in [1.29, 1.82) is 0 Å². The number of carbonyl (C=O) groups is 1. The number of halogens is 2. The fourth-order valence-electron chi connectivity index (χ4n) is 2.76. The zero-order chi connectivity index (χ0) is 14.6. The number of nitrogens with zero attached hydrogens (tertiary/aromatic N) is 1. The summed E-state index contributed by atoms with van der Waals surface area (Å²) >= 11 is 3.20. The van der Waals surface area contributed by atoms with Crippen LogP contribution in [0.15, 0.2) is 21.5 Å². The minimum Gasteiger partial charge on any atom is -0.545 e. The smallest absolute Gasteiger partial charge is 0.545 e. The van der Waals surface area contributed by atoms with Gasteiger partial charge in [-0.15, -0.1) is 0 Å². The van der Waals surface area contributed by atoms with Crippen LogP contribution in [-0.2, 0) is 6.42 Å². The van der Waals surface area contributed by atoms with Crippen LogP contribution in [0.25, 0.3) is 10.9 Å². The van der Waals surface area contributed by atoms with Gasteiger partial charge in [0.25, 0.3) is 0 Å². The van der Waals surface area contributed by atoms with Gasteiger partial charge >= 0.3 is 29.6 Å². The molecule has 2 aromatic rings. The number of carbonyl (C=O) groups excluding carboxylic acids is 1. The van der Waals surface area contributed by atoms with E-state index in [4.69, 9.17) is 0 Å². The van der Waals surface area contributed by atoms with Gasteiger partial charge in [-0.05, 0) is 47.3 Å². The summed E-state index contributed by atoms with van der Waals surface area (Å²) in [6, 6.07) is 1.13. The molecule has 4 nitrogen and oxygen atoms in total. The van der Waals surface area contributed by atoms with E-state index in [0.717, 1.165) is 12.5 Å². The Balaban J connectivity index is 0.00000161. The van der Waals surface area contributed by atoms with Crippen LogP contribution < -0.4 is 40.1 Å². The molecule has 0 spiro atoms. The number of hydrogen-bond acceptors (Lipinski definition) is 3. The average Bonchev–Trinajstić information content (AvgIpc) is 2.39. The fourth-order valence-corrected chi connectivity index (χ4v) is 3.26. The van der Waals surface area contributed by atoms with Gasteiger partial charge in [0.05, 0.1) is 21.5 Å². The molecule has 104 valence electrons. The summed E-state index contributed by atoms with van der Waals surface area (Å²) in [4.78, 5) is 23.2. The molecule has 1 aromatic heterocycles. The van der Waals surface area contributed by atoms with Gasteiger partial charge in [-0.25, -0.2) is 4.39 Å². The van der Waals surface area contributed by atoms with Gasteiger partial charge in [0, 0.05) is 17.6 Å². The second-order valence-electron chi connectivity index (χ2n) is 5.00. The largest absolute Gasteiger partial charge is 1.00 e. The molecule has 1 aliphatic heterocycles. The van der Waals surface area contributed by atoms with Gasteiger partial charge < -0.3 is 14.5 Å². The predicted octanol–water partition coefficient (Wildman–Crippen LogP) is -1.22. The number of rotatable bonds is 1. The number of aryl methyl sites for hydroxylation is 1. The average molecular weight is 362 g/mol. The summed E-state index contributed by atoms with van der Waals surface area (Å²) in [5.41, 5.74) is 0.184. The number of hydrogen-bond donors (Lipinski definition) is 0. The molecule has 2 heterocycles. The van der Waals surface area contributed by atoms with Crippen molar-refractivity contribution in [1.82, 2.24) is 4.57 Å². The maximum Gasteiger partial charge on any atom is 1.00 e. The van der Waals surface area contributed by atoms with Gasteiger partial charge in [0.1, 0.15) is 5.82 Å². The maximum atomic E-state index is 13.9. The molecule has 0 bridgehead atoms. The molecular weight excluding hydrogens is 352 g/mol. The Bertz CT molecular complexity index is 818. The van der Waals surface area contributed by atoms with E-state index in [9.17, 15) is 19.1 Å². The van der Waals surface area contributed by atoms with Crippen molar-refractivity contribution in [3.8, 4) is 0 Å². The fraction of sp³-hybridized carbons (Fsp3) is 0.286. The zero-order valence-electron chi connectivity index (χ0n) is 11.6. The van der Waals surface area contributed by atoms with Crippen LogP contribution in [0.5, 0.6) is 0 Å². The first-order valence-corrected chi connectivity index (χ1v) is 6.98. The monoisotopic (exact) mass is 361 g/mol. The SMILES string of the molecule is CC1CCc2c(Br)c(F)cc3c(=O)c(C(=O)[O-])cn1c23.[Na+]. The topological polar surface area (TPSA) is 62.1 Å². The summed E-state index contributed by atoms with van der Waals surface area (Å²) in [7, 11) is 0. The van der Waals surface area contributed by atoms with Crippen molar-refractivity contribution < 1.29 is 43.8 Å². The Morgan fingerprint density at radius 2 is 2.19 bits per heavy atom. The van der Waals surface area contributed by atoms with Crippen LogP contribution in [-0.4, -0.2) is 10.5 Å². The second-order valence-corrected chi connectivity index (χ2v) is 5.79.